The van der Waals surface area contributed by atoms with Crippen LogP contribution in [0.3, 0.4) is 0 Å². The third-order valence-corrected chi connectivity index (χ3v) is 4.29. The zero-order valence-electron chi connectivity index (χ0n) is 14.3. The summed E-state index contributed by atoms with van der Waals surface area (Å²) in [5, 5.41) is 0. The molecule has 0 bridgehead atoms. The summed E-state index contributed by atoms with van der Waals surface area (Å²) in [5.74, 6) is 1.86. The normalized spacial score (nSPS) is 17.6. The monoisotopic (exact) mass is 326 g/mol. The van der Waals surface area contributed by atoms with Crippen LogP contribution in [0.1, 0.15) is 40.6 Å². The maximum absolute atomic E-state index is 12.1. The largest absolute Gasteiger partial charge is 0.355 e. The molecule has 2 aromatic heterocycles. The number of carbonyl (C=O) groups is 1. The van der Waals surface area contributed by atoms with Gasteiger partial charge in [-0.2, -0.15) is 0 Å². The lowest BCUT2D eigenvalue weighted by Gasteiger charge is -2.32. The predicted octanol–water partition coefficient (Wildman–Crippen LogP) is 1.66. The summed E-state index contributed by atoms with van der Waals surface area (Å²) in [6.07, 6.45) is 8.92. The third kappa shape index (κ3) is 3.34. The van der Waals surface area contributed by atoms with Crippen LogP contribution in [-0.2, 0) is 0 Å². The first-order valence-electron chi connectivity index (χ1n) is 8.12. The van der Waals surface area contributed by atoms with E-state index in [1.807, 2.05) is 6.92 Å². The molecule has 0 radical (unpaired) electrons. The standard InChI is InChI=1S/C17H22N6O/c1-12-14(17(24)22(2)3)9-20-16(21-12)13-5-4-8-23(11-13)15-10-18-6-7-19-15/h6-7,9-10,13H,4-5,8,11H2,1-3H3. The molecule has 0 N–H and O–H groups in total. The van der Waals surface area contributed by atoms with Crippen molar-refractivity contribution in [1.29, 1.82) is 0 Å². The van der Waals surface area contributed by atoms with Crippen molar-refractivity contribution in [3.8, 4) is 0 Å². The van der Waals surface area contributed by atoms with Crippen LogP contribution in [0, 0.1) is 6.92 Å². The number of piperidine rings is 1. The minimum absolute atomic E-state index is 0.0659. The Morgan fingerprint density at radius 3 is 2.75 bits per heavy atom. The Morgan fingerprint density at radius 2 is 2.08 bits per heavy atom. The molecule has 24 heavy (non-hydrogen) atoms. The maximum atomic E-state index is 12.1. The van der Waals surface area contributed by atoms with E-state index in [2.05, 4.69) is 24.8 Å². The van der Waals surface area contributed by atoms with Crippen molar-refractivity contribution in [3.05, 3.63) is 41.9 Å². The molecular formula is C17H22N6O. The smallest absolute Gasteiger partial charge is 0.256 e. The van der Waals surface area contributed by atoms with Crippen molar-refractivity contribution in [1.82, 2.24) is 24.8 Å². The maximum Gasteiger partial charge on any atom is 0.256 e. The van der Waals surface area contributed by atoms with Crippen molar-refractivity contribution in [2.24, 2.45) is 0 Å². The van der Waals surface area contributed by atoms with E-state index in [0.29, 0.717) is 5.56 Å². The first kappa shape index (κ1) is 16.3. The minimum atomic E-state index is -0.0659. The summed E-state index contributed by atoms with van der Waals surface area (Å²) < 4.78 is 0. The molecule has 0 saturated carbocycles. The Hall–Kier alpha value is -2.57. The zero-order chi connectivity index (χ0) is 17.1. The molecule has 3 heterocycles. The molecule has 1 amide bonds. The van der Waals surface area contributed by atoms with Gasteiger partial charge in [-0.3, -0.25) is 9.78 Å². The summed E-state index contributed by atoms with van der Waals surface area (Å²) in [7, 11) is 3.46. The van der Waals surface area contributed by atoms with Gasteiger partial charge in [0, 0.05) is 51.7 Å². The minimum Gasteiger partial charge on any atom is -0.355 e. The first-order valence-corrected chi connectivity index (χ1v) is 8.12. The highest BCUT2D eigenvalue weighted by Crippen LogP contribution is 2.27. The van der Waals surface area contributed by atoms with Gasteiger partial charge in [0.25, 0.3) is 5.91 Å². The van der Waals surface area contributed by atoms with E-state index in [1.54, 1.807) is 43.8 Å². The molecule has 0 spiro atoms. The number of nitrogens with zero attached hydrogens (tertiary/aromatic N) is 6. The Morgan fingerprint density at radius 1 is 1.25 bits per heavy atom. The van der Waals surface area contributed by atoms with Gasteiger partial charge in [0.2, 0.25) is 0 Å². The first-order chi connectivity index (χ1) is 11.6. The molecule has 7 nitrogen and oxygen atoms in total. The topological polar surface area (TPSA) is 75.1 Å². The molecule has 0 aromatic carbocycles. The fourth-order valence-corrected chi connectivity index (χ4v) is 2.98. The molecule has 2 aromatic rings. The summed E-state index contributed by atoms with van der Waals surface area (Å²) in [6.45, 7) is 3.65. The van der Waals surface area contributed by atoms with Gasteiger partial charge >= 0.3 is 0 Å². The lowest BCUT2D eigenvalue weighted by atomic mass is 9.97. The van der Waals surface area contributed by atoms with Gasteiger partial charge in [0.05, 0.1) is 17.5 Å². The quantitative estimate of drug-likeness (QED) is 0.854. The third-order valence-electron chi connectivity index (χ3n) is 4.29. The fourth-order valence-electron chi connectivity index (χ4n) is 2.98. The highest BCUT2D eigenvalue weighted by molar-refractivity contribution is 5.94. The summed E-state index contributed by atoms with van der Waals surface area (Å²) in [5.41, 5.74) is 1.29. The van der Waals surface area contributed by atoms with E-state index in [0.717, 1.165) is 43.3 Å². The van der Waals surface area contributed by atoms with Crippen molar-refractivity contribution in [2.45, 2.75) is 25.7 Å². The Balaban J connectivity index is 1.79. The number of amides is 1. The average molecular weight is 326 g/mol. The lowest BCUT2D eigenvalue weighted by Crippen LogP contribution is -2.35. The van der Waals surface area contributed by atoms with Crippen LogP contribution in [-0.4, -0.2) is 57.9 Å². The summed E-state index contributed by atoms with van der Waals surface area (Å²) in [6, 6.07) is 0. The van der Waals surface area contributed by atoms with Crippen LogP contribution in [0.4, 0.5) is 5.82 Å². The number of hydrogen-bond acceptors (Lipinski definition) is 6. The van der Waals surface area contributed by atoms with Gasteiger partial charge < -0.3 is 9.80 Å². The number of anilines is 1. The highest BCUT2D eigenvalue weighted by atomic mass is 16.2. The zero-order valence-corrected chi connectivity index (χ0v) is 14.3. The summed E-state index contributed by atoms with van der Waals surface area (Å²) >= 11 is 0. The van der Waals surface area contributed by atoms with Crippen LogP contribution in [0.15, 0.2) is 24.8 Å². The molecule has 126 valence electrons. The second-order valence-electron chi connectivity index (χ2n) is 6.28. The van der Waals surface area contributed by atoms with Crippen LogP contribution in [0.25, 0.3) is 0 Å². The Kier molecular flexibility index (Phi) is 4.69. The predicted molar refractivity (Wildman–Crippen MR) is 91.0 cm³/mol. The van der Waals surface area contributed by atoms with E-state index in [-0.39, 0.29) is 11.8 Å². The molecule has 1 aliphatic rings. The Labute approximate surface area is 141 Å². The van der Waals surface area contributed by atoms with Crippen LogP contribution >= 0.6 is 0 Å². The van der Waals surface area contributed by atoms with Crippen molar-refractivity contribution < 1.29 is 4.79 Å². The fraction of sp³-hybridized carbons (Fsp3) is 0.471. The number of aryl methyl sites for hydroxylation is 1. The van der Waals surface area contributed by atoms with Gasteiger partial charge in [-0.25, -0.2) is 15.0 Å². The molecular weight excluding hydrogens is 304 g/mol. The molecule has 1 atom stereocenters. The van der Waals surface area contributed by atoms with E-state index >= 15 is 0 Å². The number of aromatic nitrogens is 4. The van der Waals surface area contributed by atoms with Gasteiger partial charge in [-0.15, -0.1) is 0 Å². The second kappa shape index (κ2) is 6.90. The molecule has 1 fully saturated rings. The average Bonchev–Trinajstić information content (AvgIpc) is 2.62. The number of hydrogen-bond donors (Lipinski definition) is 0. The lowest BCUT2D eigenvalue weighted by molar-refractivity contribution is 0.0826. The molecule has 1 aliphatic heterocycles. The van der Waals surface area contributed by atoms with Crippen molar-refractivity contribution >= 4 is 11.7 Å². The van der Waals surface area contributed by atoms with Crippen molar-refractivity contribution in [2.75, 3.05) is 32.1 Å². The highest BCUT2D eigenvalue weighted by Gasteiger charge is 2.25. The number of rotatable bonds is 3. The molecule has 3 rings (SSSR count). The van der Waals surface area contributed by atoms with E-state index in [9.17, 15) is 4.79 Å². The van der Waals surface area contributed by atoms with Gasteiger partial charge in [-0.1, -0.05) is 0 Å². The second-order valence-corrected chi connectivity index (χ2v) is 6.28. The molecule has 0 aliphatic carbocycles. The summed E-state index contributed by atoms with van der Waals surface area (Å²) in [4.78, 5) is 33.5. The van der Waals surface area contributed by atoms with Crippen LogP contribution in [0.5, 0.6) is 0 Å². The van der Waals surface area contributed by atoms with Crippen LogP contribution < -0.4 is 4.90 Å². The Bertz CT molecular complexity index is 718. The van der Waals surface area contributed by atoms with Crippen molar-refractivity contribution in [3.63, 3.8) is 0 Å². The SMILES string of the molecule is Cc1nc(C2CCCN(c3cnccn3)C2)ncc1C(=O)N(C)C. The van der Waals surface area contributed by atoms with Gasteiger partial charge in [0.15, 0.2) is 0 Å². The molecule has 1 saturated heterocycles. The number of carbonyl (C=O) groups excluding carboxylic acids is 1. The molecule has 1 unspecified atom stereocenters. The van der Waals surface area contributed by atoms with E-state index in [1.165, 1.54) is 0 Å². The van der Waals surface area contributed by atoms with Crippen LogP contribution in [0.2, 0.25) is 0 Å². The van der Waals surface area contributed by atoms with Gasteiger partial charge in [-0.05, 0) is 19.8 Å². The van der Waals surface area contributed by atoms with E-state index < -0.39 is 0 Å². The van der Waals surface area contributed by atoms with Gasteiger partial charge in [0.1, 0.15) is 11.6 Å². The van der Waals surface area contributed by atoms with E-state index in [4.69, 9.17) is 0 Å². The molecule has 7 heteroatoms.